The second kappa shape index (κ2) is 7.78. The highest BCUT2D eigenvalue weighted by atomic mass is 19.4. The van der Waals surface area contributed by atoms with E-state index in [1.165, 1.54) is 18.2 Å². The van der Waals surface area contributed by atoms with Crippen LogP contribution in [-0.2, 0) is 4.79 Å². The van der Waals surface area contributed by atoms with Crippen molar-refractivity contribution in [2.24, 2.45) is 5.10 Å². The van der Waals surface area contributed by atoms with Crippen molar-refractivity contribution < 1.29 is 27.2 Å². The molecule has 0 fully saturated rings. The summed E-state index contributed by atoms with van der Waals surface area (Å²) in [6.45, 7) is 3.32. The number of benzene rings is 2. The van der Waals surface area contributed by atoms with E-state index in [2.05, 4.69) is 10.5 Å². The summed E-state index contributed by atoms with van der Waals surface area (Å²) in [6.07, 6.45) is -4.99. The molecule has 1 heterocycles. The number of carbonyl (C=O) groups excluding carboxylic acids is 2. The predicted molar refractivity (Wildman–Crippen MR) is 102 cm³/mol. The van der Waals surface area contributed by atoms with Crippen molar-refractivity contribution in [1.82, 2.24) is 5.43 Å². The summed E-state index contributed by atoms with van der Waals surface area (Å²) in [5, 5.41) is 6.55. The number of anilines is 1. The summed E-state index contributed by atoms with van der Waals surface area (Å²) in [5.41, 5.74) is 4.32. The normalized spacial score (nSPS) is 12.1. The van der Waals surface area contributed by atoms with Gasteiger partial charge in [-0.3, -0.25) is 9.59 Å². The van der Waals surface area contributed by atoms with Crippen LogP contribution in [0.4, 0.5) is 18.9 Å². The molecule has 3 aromatic rings. The molecule has 3 rings (SSSR count). The van der Waals surface area contributed by atoms with E-state index in [0.29, 0.717) is 22.4 Å². The van der Waals surface area contributed by atoms with Gasteiger partial charge in [0, 0.05) is 16.6 Å². The minimum Gasteiger partial charge on any atom is -0.451 e. The fourth-order valence-corrected chi connectivity index (χ4v) is 2.66. The number of hydrogen-bond acceptors (Lipinski definition) is 4. The smallest absolute Gasteiger partial charge is 0.451 e. The highest BCUT2D eigenvalue weighted by molar-refractivity contribution is 6.03. The van der Waals surface area contributed by atoms with Crippen LogP contribution in [0, 0.1) is 6.92 Å². The molecule has 0 atom stereocenters. The van der Waals surface area contributed by atoms with Gasteiger partial charge in [0.15, 0.2) is 5.76 Å². The summed E-state index contributed by atoms with van der Waals surface area (Å²) >= 11 is 0. The Balaban J connectivity index is 1.75. The minimum atomic E-state index is -4.99. The molecule has 2 aromatic carbocycles. The Hall–Kier alpha value is -3.62. The van der Waals surface area contributed by atoms with Crippen LogP contribution in [0.15, 0.2) is 58.0 Å². The Bertz CT molecular complexity index is 1120. The molecule has 0 bridgehead atoms. The van der Waals surface area contributed by atoms with Gasteiger partial charge >= 0.3 is 18.0 Å². The second-order valence-corrected chi connectivity index (χ2v) is 6.22. The van der Waals surface area contributed by atoms with E-state index in [1.54, 1.807) is 37.4 Å². The molecule has 0 aliphatic rings. The lowest BCUT2D eigenvalue weighted by Gasteiger charge is -2.09. The predicted octanol–water partition coefficient (Wildman–Crippen LogP) is 4.40. The van der Waals surface area contributed by atoms with E-state index in [0.717, 1.165) is 5.39 Å². The first-order valence-corrected chi connectivity index (χ1v) is 8.48. The number of para-hydroxylation sites is 1. The number of nitrogens with one attached hydrogen (secondary N) is 2. The third-order valence-corrected chi connectivity index (χ3v) is 4.17. The van der Waals surface area contributed by atoms with Gasteiger partial charge in [-0.1, -0.05) is 30.3 Å². The summed E-state index contributed by atoms with van der Waals surface area (Å²) in [7, 11) is 0. The Kier molecular flexibility index (Phi) is 5.40. The van der Waals surface area contributed by atoms with Gasteiger partial charge in [0.05, 0.1) is 5.71 Å². The lowest BCUT2D eigenvalue weighted by molar-refractivity contribution is -0.167. The van der Waals surface area contributed by atoms with Crippen LogP contribution in [0.5, 0.6) is 0 Å². The molecule has 0 saturated carbocycles. The number of hydrazone groups is 1. The molecule has 150 valence electrons. The third kappa shape index (κ3) is 4.45. The van der Waals surface area contributed by atoms with E-state index in [9.17, 15) is 22.8 Å². The van der Waals surface area contributed by atoms with Crippen LogP contribution >= 0.6 is 0 Å². The minimum absolute atomic E-state index is 0.0427. The Labute approximate surface area is 163 Å². The molecule has 2 amide bonds. The zero-order chi connectivity index (χ0) is 21.2. The molecule has 29 heavy (non-hydrogen) atoms. The maximum atomic E-state index is 12.4. The van der Waals surface area contributed by atoms with Crippen molar-refractivity contribution in [2.45, 2.75) is 20.0 Å². The molecular formula is C20H16F3N3O3. The molecule has 0 unspecified atom stereocenters. The summed E-state index contributed by atoms with van der Waals surface area (Å²) < 4.78 is 42.7. The molecule has 2 N–H and O–H groups in total. The quantitative estimate of drug-likeness (QED) is 0.500. The molecule has 0 aliphatic heterocycles. The fraction of sp³-hybridized carbons (Fsp3) is 0.150. The number of amides is 2. The van der Waals surface area contributed by atoms with Crippen molar-refractivity contribution in [3.63, 3.8) is 0 Å². The largest absolute Gasteiger partial charge is 0.471 e. The summed E-state index contributed by atoms with van der Waals surface area (Å²) in [4.78, 5) is 23.5. The number of alkyl halides is 3. The number of nitrogens with zero attached hydrogens (tertiary/aromatic N) is 1. The van der Waals surface area contributed by atoms with Crippen molar-refractivity contribution >= 4 is 34.2 Å². The van der Waals surface area contributed by atoms with Gasteiger partial charge in [0.2, 0.25) is 0 Å². The summed E-state index contributed by atoms with van der Waals surface area (Å²) in [5.74, 6) is -2.51. The van der Waals surface area contributed by atoms with Gasteiger partial charge in [0.1, 0.15) is 5.58 Å². The van der Waals surface area contributed by atoms with Crippen LogP contribution < -0.4 is 10.7 Å². The maximum Gasteiger partial charge on any atom is 0.471 e. The first kappa shape index (κ1) is 20.1. The number of carbonyl (C=O) groups is 2. The Morgan fingerprint density at radius 3 is 2.48 bits per heavy atom. The molecule has 0 saturated heterocycles. The monoisotopic (exact) mass is 403 g/mol. The second-order valence-electron chi connectivity index (χ2n) is 6.22. The molecule has 0 radical (unpaired) electrons. The number of halogens is 3. The standard InChI is InChI=1S/C20H16F3N3O3/c1-11-15-8-3-4-9-16(15)29-17(11)18(27)26-25-12(2)13-6-5-7-14(10-13)24-19(28)20(21,22)23/h3-10H,1-2H3,(H,24,28)(H,26,27)/b25-12-. The van der Waals surface area contributed by atoms with Gasteiger partial charge in [-0.2, -0.15) is 18.3 Å². The lowest BCUT2D eigenvalue weighted by atomic mass is 10.1. The van der Waals surface area contributed by atoms with E-state index < -0.39 is 18.0 Å². The fourth-order valence-electron chi connectivity index (χ4n) is 2.66. The molecule has 1 aromatic heterocycles. The van der Waals surface area contributed by atoms with Crippen molar-refractivity contribution in [3.05, 3.63) is 65.4 Å². The van der Waals surface area contributed by atoms with Crippen molar-refractivity contribution in [2.75, 3.05) is 5.32 Å². The van der Waals surface area contributed by atoms with E-state index in [4.69, 9.17) is 4.42 Å². The highest BCUT2D eigenvalue weighted by Crippen LogP contribution is 2.24. The average Bonchev–Trinajstić information content (AvgIpc) is 3.02. The van der Waals surface area contributed by atoms with Gasteiger partial charge < -0.3 is 9.73 Å². The van der Waals surface area contributed by atoms with Crippen LogP contribution in [0.3, 0.4) is 0 Å². The number of fused-ring (bicyclic) bond motifs is 1. The molecule has 6 nitrogen and oxygen atoms in total. The zero-order valence-electron chi connectivity index (χ0n) is 15.4. The molecule has 0 spiro atoms. The van der Waals surface area contributed by atoms with Crippen LogP contribution in [0.1, 0.15) is 28.6 Å². The van der Waals surface area contributed by atoms with E-state index in [-0.39, 0.29) is 11.4 Å². The van der Waals surface area contributed by atoms with Crippen LogP contribution in [0.2, 0.25) is 0 Å². The third-order valence-electron chi connectivity index (χ3n) is 4.17. The van der Waals surface area contributed by atoms with E-state index >= 15 is 0 Å². The van der Waals surface area contributed by atoms with E-state index in [1.807, 2.05) is 12.1 Å². The van der Waals surface area contributed by atoms with Gasteiger partial charge in [0.25, 0.3) is 0 Å². The van der Waals surface area contributed by atoms with Crippen molar-refractivity contribution in [3.8, 4) is 0 Å². The highest BCUT2D eigenvalue weighted by Gasteiger charge is 2.38. The molecule has 9 heteroatoms. The zero-order valence-corrected chi connectivity index (χ0v) is 15.4. The number of aryl methyl sites for hydroxylation is 1. The van der Waals surface area contributed by atoms with Crippen LogP contribution in [0.25, 0.3) is 11.0 Å². The van der Waals surface area contributed by atoms with Gasteiger partial charge in [-0.05, 0) is 37.6 Å². The van der Waals surface area contributed by atoms with Crippen LogP contribution in [-0.4, -0.2) is 23.7 Å². The molecule has 0 aliphatic carbocycles. The number of furan rings is 1. The topological polar surface area (TPSA) is 83.7 Å². The molecular weight excluding hydrogens is 387 g/mol. The lowest BCUT2D eigenvalue weighted by Crippen LogP contribution is -2.29. The summed E-state index contributed by atoms with van der Waals surface area (Å²) in [6, 6.07) is 12.9. The maximum absolute atomic E-state index is 12.4. The van der Waals surface area contributed by atoms with Gasteiger partial charge in [-0.25, -0.2) is 5.43 Å². The van der Waals surface area contributed by atoms with Gasteiger partial charge in [-0.15, -0.1) is 0 Å². The average molecular weight is 403 g/mol. The Morgan fingerprint density at radius 2 is 1.79 bits per heavy atom. The number of hydrogen-bond donors (Lipinski definition) is 2. The SMILES string of the molecule is C/C(=N/NC(=O)c1oc2ccccc2c1C)c1cccc(NC(=O)C(F)(F)F)c1. The first-order chi connectivity index (χ1) is 13.7. The first-order valence-electron chi connectivity index (χ1n) is 8.48. The van der Waals surface area contributed by atoms with Crippen molar-refractivity contribution in [1.29, 1.82) is 0 Å². The Morgan fingerprint density at radius 1 is 1.07 bits per heavy atom. The number of rotatable bonds is 4.